The van der Waals surface area contributed by atoms with Gasteiger partial charge in [-0.2, -0.15) is 0 Å². The van der Waals surface area contributed by atoms with E-state index in [1.165, 1.54) is 390 Å². The highest BCUT2D eigenvalue weighted by molar-refractivity contribution is 4.58. The third-order valence-electron chi connectivity index (χ3n) is 15.9. The molecule has 0 aromatic carbocycles. The molecule has 1 heteroatoms. The standard InChI is InChI=1S/C64H132N/c1-5-9-13-17-21-25-28-31-34-37-40-43-46-50-54-58-62-65(61-57-53-49-24-20-16-12-8-4,63-59-55-51-47-44-41-38-35-32-29-26-22-18-14-10-6-2)64-60-56-52-48-45-42-39-36-33-30-27-23-19-15-11-7-3/h5-64H2,1-4H3/q+1. The fourth-order valence-electron chi connectivity index (χ4n) is 11.2. The molecule has 0 spiro atoms. The van der Waals surface area contributed by atoms with E-state index < -0.39 is 0 Å². The molecule has 0 atom stereocenters. The van der Waals surface area contributed by atoms with Crippen LogP contribution in [0.2, 0.25) is 0 Å². The van der Waals surface area contributed by atoms with Gasteiger partial charge in [-0.3, -0.25) is 0 Å². The van der Waals surface area contributed by atoms with E-state index in [2.05, 4.69) is 27.7 Å². The first-order chi connectivity index (χ1) is 32.2. The van der Waals surface area contributed by atoms with E-state index >= 15 is 0 Å². The van der Waals surface area contributed by atoms with Crippen molar-refractivity contribution in [3.63, 3.8) is 0 Å². The van der Waals surface area contributed by atoms with Gasteiger partial charge in [-0.1, -0.05) is 336 Å². The van der Waals surface area contributed by atoms with Crippen molar-refractivity contribution in [2.45, 2.75) is 387 Å². The molecule has 0 heterocycles. The molecule has 0 saturated heterocycles. The van der Waals surface area contributed by atoms with Crippen molar-refractivity contribution in [1.82, 2.24) is 0 Å². The summed E-state index contributed by atoms with van der Waals surface area (Å²) >= 11 is 0. The molecule has 0 aliphatic carbocycles. The summed E-state index contributed by atoms with van der Waals surface area (Å²) < 4.78 is 1.49. The van der Waals surface area contributed by atoms with Crippen molar-refractivity contribution in [2.24, 2.45) is 0 Å². The van der Waals surface area contributed by atoms with Crippen LogP contribution in [-0.4, -0.2) is 30.7 Å². The van der Waals surface area contributed by atoms with E-state index in [0.717, 1.165) is 0 Å². The van der Waals surface area contributed by atoms with Gasteiger partial charge in [0.05, 0.1) is 26.2 Å². The van der Waals surface area contributed by atoms with Crippen molar-refractivity contribution in [3.8, 4) is 0 Å². The lowest BCUT2D eigenvalue weighted by Gasteiger charge is -2.40. The topological polar surface area (TPSA) is 0 Å². The molecule has 0 fully saturated rings. The zero-order chi connectivity index (χ0) is 46.9. The molecule has 65 heavy (non-hydrogen) atoms. The zero-order valence-electron chi connectivity index (χ0n) is 46.9. The van der Waals surface area contributed by atoms with Crippen LogP contribution in [0.25, 0.3) is 0 Å². The van der Waals surface area contributed by atoms with Gasteiger partial charge in [0.2, 0.25) is 0 Å². The van der Waals surface area contributed by atoms with E-state index in [4.69, 9.17) is 0 Å². The Kier molecular flexibility index (Phi) is 58.2. The average Bonchev–Trinajstić information content (AvgIpc) is 3.32. The maximum Gasteiger partial charge on any atom is 0.0786 e. The van der Waals surface area contributed by atoms with Crippen LogP contribution in [0.3, 0.4) is 0 Å². The molecule has 392 valence electrons. The lowest BCUT2D eigenvalue weighted by Crippen LogP contribution is -2.50. The van der Waals surface area contributed by atoms with E-state index in [9.17, 15) is 0 Å². The molecule has 0 aromatic heterocycles. The molecule has 0 aliphatic heterocycles. The van der Waals surface area contributed by atoms with Crippen LogP contribution >= 0.6 is 0 Å². The third-order valence-corrected chi connectivity index (χ3v) is 15.9. The molecule has 0 aromatic rings. The quantitative estimate of drug-likeness (QED) is 0.0421. The maximum absolute atomic E-state index is 2.36. The Morgan fingerprint density at radius 1 is 0.123 bits per heavy atom. The molecule has 0 rings (SSSR count). The SMILES string of the molecule is CCCCCCCCCCCCCCCCCC[N+](CCCCCCCCCC)(CCCCCCCCCCCCCCCCCC)CCCCCCCCCCCCCCCCCC. The fraction of sp³-hybridized carbons (Fsp3) is 1.00. The minimum absolute atomic E-state index is 1.37. The second-order valence-electron chi connectivity index (χ2n) is 22.6. The Balaban J connectivity index is 4.79. The normalized spacial score (nSPS) is 12.0. The molecule has 1 nitrogen and oxygen atoms in total. The van der Waals surface area contributed by atoms with Gasteiger partial charge in [-0.15, -0.1) is 0 Å². The van der Waals surface area contributed by atoms with Gasteiger partial charge in [0.25, 0.3) is 0 Å². The van der Waals surface area contributed by atoms with Crippen molar-refractivity contribution >= 4 is 0 Å². The number of unbranched alkanes of at least 4 members (excludes halogenated alkanes) is 52. The first kappa shape index (κ1) is 65.0. The monoisotopic (exact) mass is 915 g/mol. The van der Waals surface area contributed by atoms with Crippen LogP contribution in [0.1, 0.15) is 387 Å². The Labute approximate surface area is 416 Å². The van der Waals surface area contributed by atoms with Gasteiger partial charge in [0.1, 0.15) is 0 Å². The van der Waals surface area contributed by atoms with Crippen LogP contribution in [0.5, 0.6) is 0 Å². The van der Waals surface area contributed by atoms with Crippen LogP contribution in [0, 0.1) is 0 Å². The minimum Gasteiger partial charge on any atom is -0.324 e. The average molecular weight is 916 g/mol. The predicted molar refractivity (Wildman–Crippen MR) is 301 cm³/mol. The Bertz CT molecular complexity index is 715. The van der Waals surface area contributed by atoms with Gasteiger partial charge in [0, 0.05) is 0 Å². The first-order valence-corrected chi connectivity index (χ1v) is 32.1. The van der Waals surface area contributed by atoms with E-state index in [1.807, 2.05) is 0 Å². The number of nitrogens with zero attached hydrogens (tertiary/aromatic N) is 1. The summed E-state index contributed by atoms with van der Waals surface area (Å²) in [5, 5.41) is 0. The van der Waals surface area contributed by atoms with E-state index in [1.54, 1.807) is 0 Å². The Hall–Kier alpha value is -0.0400. The summed E-state index contributed by atoms with van der Waals surface area (Å²) in [6.07, 6.45) is 82.7. The molecular weight excluding hydrogens is 783 g/mol. The number of hydrogen-bond donors (Lipinski definition) is 0. The summed E-state index contributed by atoms with van der Waals surface area (Å²) in [6, 6.07) is 0. The largest absolute Gasteiger partial charge is 0.324 e. The summed E-state index contributed by atoms with van der Waals surface area (Å²) in [5.41, 5.74) is 0. The Morgan fingerprint density at radius 3 is 0.323 bits per heavy atom. The lowest BCUT2D eigenvalue weighted by molar-refractivity contribution is -0.929. The molecule has 0 bridgehead atoms. The van der Waals surface area contributed by atoms with Gasteiger partial charge in [-0.05, 0) is 51.4 Å². The second kappa shape index (κ2) is 58.3. The highest BCUT2D eigenvalue weighted by Crippen LogP contribution is 2.23. The Morgan fingerprint density at radius 2 is 0.215 bits per heavy atom. The van der Waals surface area contributed by atoms with Crippen molar-refractivity contribution in [3.05, 3.63) is 0 Å². The summed E-state index contributed by atoms with van der Waals surface area (Å²) in [5.74, 6) is 0. The van der Waals surface area contributed by atoms with Crippen molar-refractivity contribution < 1.29 is 4.48 Å². The number of hydrogen-bond acceptors (Lipinski definition) is 0. The number of rotatable bonds is 60. The van der Waals surface area contributed by atoms with Gasteiger partial charge >= 0.3 is 0 Å². The molecule has 0 N–H and O–H groups in total. The van der Waals surface area contributed by atoms with Crippen LogP contribution in [0.4, 0.5) is 0 Å². The molecule has 0 unspecified atom stereocenters. The molecular formula is C64H132N+. The zero-order valence-corrected chi connectivity index (χ0v) is 46.9. The van der Waals surface area contributed by atoms with Crippen molar-refractivity contribution in [2.75, 3.05) is 26.2 Å². The maximum atomic E-state index is 2.36. The van der Waals surface area contributed by atoms with Crippen LogP contribution in [-0.2, 0) is 0 Å². The highest BCUT2D eigenvalue weighted by Gasteiger charge is 2.26. The summed E-state index contributed by atoms with van der Waals surface area (Å²) in [6.45, 7) is 15.3. The van der Waals surface area contributed by atoms with E-state index in [0.29, 0.717) is 0 Å². The van der Waals surface area contributed by atoms with Crippen molar-refractivity contribution in [1.29, 1.82) is 0 Å². The van der Waals surface area contributed by atoms with Crippen LogP contribution in [0.15, 0.2) is 0 Å². The lowest BCUT2D eigenvalue weighted by atomic mass is 10.0. The highest BCUT2D eigenvalue weighted by atomic mass is 15.3. The fourth-order valence-corrected chi connectivity index (χ4v) is 11.2. The third kappa shape index (κ3) is 53.2. The smallest absolute Gasteiger partial charge is 0.0786 e. The second-order valence-corrected chi connectivity index (χ2v) is 22.6. The predicted octanol–water partition coefficient (Wildman–Crippen LogP) is 23.7. The molecule has 0 amide bonds. The molecule has 0 radical (unpaired) electrons. The molecule has 0 aliphatic rings. The minimum atomic E-state index is 1.37. The van der Waals surface area contributed by atoms with Crippen LogP contribution < -0.4 is 0 Å². The first-order valence-electron chi connectivity index (χ1n) is 32.1. The van der Waals surface area contributed by atoms with Gasteiger partial charge in [0.15, 0.2) is 0 Å². The number of quaternary nitrogens is 1. The summed E-state index contributed by atoms with van der Waals surface area (Å²) in [7, 11) is 0. The van der Waals surface area contributed by atoms with Gasteiger partial charge < -0.3 is 4.48 Å². The van der Waals surface area contributed by atoms with E-state index in [-0.39, 0.29) is 0 Å². The van der Waals surface area contributed by atoms with Gasteiger partial charge in [-0.25, -0.2) is 0 Å². The molecule has 0 saturated carbocycles. The summed E-state index contributed by atoms with van der Waals surface area (Å²) in [4.78, 5) is 0.